The van der Waals surface area contributed by atoms with Gasteiger partial charge in [0.2, 0.25) is 5.91 Å². The SMILES string of the molecule is CCOCCCN(CC(=O)Nc1nc(C)c(C)s1)C(=O)c1ccccc1Cl. The van der Waals surface area contributed by atoms with Gasteiger partial charge in [0.05, 0.1) is 16.3 Å². The molecule has 0 atom stereocenters. The van der Waals surface area contributed by atoms with Crippen molar-refractivity contribution in [3.8, 4) is 0 Å². The molecule has 8 heteroatoms. The number of ether oxygens (including phenoxy) is 1. The standard InChI is InChI=1S/C19H24ClN3O3S/c1-4-26-11-7-10-23(18(25)15-8-5-6-9-16(15)20)12-17(24)22-19-21-13(2)14(3)27-19/h5-6,8-9H,4,7,10-12H2,1-3H3,(H,21,22,24). The quantitative estimate of drug-likeness (QED) is 0.637. The predicted molar refractivity (Wildman–Crippen MR) is 109 cm³/mol. The lowest BCUT2D eigenvalue weighted by Crippen LogP contribution is -2.39. The van der Waals surface area contributed by atoms with E-state index in [1.165, 1.54) is 16.2 Å². The van der Waals surface area contributed by atoms with E-state index in [4.69, 9.17) is 16.3 Å². The summed E-state index contributed by atoms with van der Waals surface area (Å²) < 4.78 is 5.34. The largest absolute Gasteiger partial charge is 0.382 e. The summed E-state index contributed by atoms with van der Waals surface area (Å²) in [4.78, 5) is 32.2. The first-order chi connectivity index (χ1) is 12.9. The zero-order chi connectivity index (χ0) is 19.8. The van der Waals surface area contributed by atoms with Gasteiger partial charge in [0, 0.05) is 24.6 Å². The smallest absolute Gasteiger partial charge is 0.255 e. The molecule has 0 aliphatic heterocycles. The fraction of sp³-hybridized carbons (Fsp3) is 0.421. The number of thiazole rings is 1. The van der Waals surface area contributed by atoms with Crippen molar-refractivity contribution in [2.45, 2.75) is 27.2 Å². The average Bonchev–Trinajstić information content (AvgIpc) is 2.94. The average molecular weight is 410 g/mol. The number of halogens is 1. The minimum Gasteiger partial charge on any atom is -0.382 e. The van der Waals surface area contributed by atoms with Crippen LogP contribution in [-0.2, 0) is 9.53 Å². The second kappa shape index (κ2) is 10.4. The Morgan fingerprint density at radius 3 is 2.67 bits per heavy atom. The topological polar surface area (TPSA) is 71.5 Å². The lowest BCUT2D eigenvalue weighted by Gasteiger charge is -2.22. The maximum atomic E-state index is 12.9. The number of aromatic nitrogens is 1. The molecule has 1 N–H and O–H groups in total. The highest BCUT2D eigenvalue weighted by Crippen LogP contribution is 2.21. The van der Waals surface area contributed by atoms with Crippen molar-refractivity contribution < 1.29 is 14.3 Å². The summed E-state index contributed by atoms with van der Waals surface area (Å²) in [6.07, 6.45) is 0.632. The molecule has 0 aliphatic rings. The van der Waals surface area contributed by atoms with Gasteiger partial charge in [0.15, 0.2) is 5.13 Å². The third-order valence-corrected chi connectivity index (χ3v) is 5.24. The van der Waals surface area contributed by atoms with Crippen molar-refractivity contribution in [1.82, 2.24) is 9.88 Å². The van der Waals surface area contributed by atoms with Crippen LogP contribution >= 0.6 is 22.9 Å². The van der Waals surface area contributed by atoms with E-state index in [-0.39, 0.29) is 18.4 Å². The summed E-state index contributed by atoms with van der Waals surface area (Å²) in [6, 6.07) is 6.83. The Bertz CT molecular complexity index is 775. The number of carbonyl (C=O) groups excluding carboxylic acids is 2. The molecule has 1 aromatic heterocycles. The molecule has 0 fully saturated rings. The van der Waals surface area contributed by atoms with Gasteiger partial charge in [0.25, 0.3) is 5.91 Å². The van der Waals surface area contributed by atoms with Crippen molar-refractivity contribution >= 4 is 39.9 Å². The fourth-order valence-corrected chi connectivity index (χ4v) is 3.46. The zero-order valence-electron chi connectivity index (χ0n) is 15.8. The normalized spacial score (nSPS) is 10.7. The van der Waals surface area contributed by atoms with Crippen molar-refractivity contribution in [2.75, 3.05) is 31.6 Å². The molecule has 2 rings (SSSR count). The van der Waals surface area contributed by atoms with Crippen LogP contribution in [0, 0.1) is 13.8 Å². The van der Waals surface area contributed by atoms with E-state index in [2.05, 4.69) is 10.3 Å². The van der Waals surface area contributed by atoms with E-state index >= 15 is 0 Å². The molecule has 0 bridgehead atoms. The van der Waals surface area contributed by atoms with Gasteiger partial charge in [-0.3, -0.25) is 9.59 Å². The number of hydrogen-bond acceptors (Lipinski definition) is 5. The van der Waals surface area contributed by atoms with Crippen LogP contribution < -0.4 is 5.32 Å². The third kappa shape index (κ3) is 6.30. The first-order valence-corrected chi connectivity index (χ1v) is 9.97. The van der Waals surface area contributed by atoms with Crippen molar-refractivity contribution in [1.29, 1.82) is 0 Å². The van der Waals surface area contributed by atoms with E-state index < -0.39 is 0 Å². The number of aryl methyl sites for hydroxylation is 2. The predicted octanol–water partition coefficient (Wildman–Crippen LogP) is 3.92. The van der Waals surface area contributed by atoms with Crippen LogP contribution in [0.3, 0.4) is 0 Å². The number of anilines is 1. The number of nitrogens with one attached hydrogen (secondary N) is 1. The van der Waals surface area contributed by atoms with E-state index in [0.717, 1.165) is 10.6 Å². The molecule has 2 amide bonds. The molecule has 0 spiro atoms. The summed E-state index contributed by atoms with van der Waals surface area (Å²) in [5.74, 6) is -0.570. The van der Waals surface area contributed by atoms with Gasteiger partial charge in [-0.05, 0) is 39.3 Å². The number of nitrogens with zero attached hydrogens (tertiary/aromatic N) is 2. The monoisotopic (exact) mass is 409 g/mol. The zero-order valence-corrected chi connectivity index (χ0v) is 17.3. The van der Waals surface area contributed by atoms with Crippen LogP contribution in [0.25, 0.3) is 0 Å². The Kier molecular flexibility index (Phi) is 8.22. The van der Waals surface area contributed by atoms with Gasteiger partial charge in [-0.2, -0.15) is 0 Å². The first kappa shape index (κ1) is 21.3. The molecule has 2 aromatic rings. The van der Waals surface area contributed by atoms with E-state index in [1.54, 1.807) is 24.3 Å². The summed E-state index contributed by atoms with van der Waals surface area (Å²) in [6.45, 7) is 7.21. The maximum Gasteiger partial charge on any atom is 0.255 e. The highest BCUT2D eigenvalue weighted by molar-refractivity contribution is 7.15. The van der Waals surface area contributed by atoms with Crippen LogP contribution in [0.5, 0.6) is 0 Å². The van der Waals surface area contributed by atoms with Crippen LogP contribution in [0.15, 0.2) is 24.3 Å². The van der Waals surface area contributed by atoms with Crippen molar-refractivity contribution in [3.63, 3.8) is 0 Å². The van der Waals surface area contributed by atoms with Gasteiger partial charge in [-0.15, -0.1) is 11.3 Å². The molecule has 1 heterocycles. The highest BCUT2D eigenvalue weighted by atomic mass is 35.5. The van der Waals surface area contributed by atoms with Gasteiger partial charge in [-0.1, -0.05) is 23.7 Å². The molecule has 1 aromatic carbocycles. The van der Waals surface area contributed by atoms with Crippen molar-refractivity contribution in [3.05, 3.63) is 45.4 Å². The maximum absolute atomic E-state index is 12.9. The van der Waals surface area contributed by atoms with Gasteiger partial charge in [-0.25, -0.2) is 4.98 Å². The van der Waals surface area contributed by atoms with E-state index in [9.17, 15) is 9.59 Å². The minimum atomic E-state index is -0.291. The minimum absolute atomic E-state index is 0.0755. The summed E-state index contributed by atoms with van der Waals surface area (Å²) in [7, 11) is 0. The summed E-state index contributed by atoms with van der Waals surface area (Å²) in [5, 5.41) is 3.67. The Balaban J connectivity index is 2.07. The Hall–Kier alpha value is -1.96. The van der Waals surface area contributed by atoms with E-state index in [0.29, 0.717) is 41.9 Å². The molecular weight excluding hydrogens is 386 g/mol. The summed E-state index contributed by atoms with van der Waals surface area (Å²) >= 11 is 7.57. The molecule has 0 aliphatic carbocycles. The Morgan fingerprint density at radius 1 is 1.30 bits per heavy atom. The number of hydrogen-bond donors (Lipinski definition) is 1. The summed E-state index contributed by atoms with van der Waals surface area (Å²) in [5.41, 5.74) is 1.26. The Labute approximate surface area is 168 Å². The molecule has 27 heavy (non-hydrogen) atoms. The number of amides is 2. The van der Waals surface area contributed by atoms with Crippen LogP contribution in [0.2, 0.25) is 5.02 Å². The fourth-order valence-electron chi connectivity index (χ4n) is 2.42. The van der Waals surface area contributed by atoms with Gasteiger partial charge >= 0.3 is 0 Å². The molecule has 6 nitrogen and oxygen atoms in total. The number of rotatable bonds is 9. The number of benzene rings is 1. The lowest BCUT2D eigenvalue weighted by atomic mass is 10.2. The van der Waals surface area contributed by atoms with Crippen LogP contribution in [0.4, 0.5) is 5.13 Å². The van der Waals surface area contributed by atoms with Gasteiger partial charge in [0.1, 0.15) is 6.54 Å². The third-order valence-electron chi connectivity index (χ3n) is 3.92. The van der Waals surface area contributed by atoms with Crippen molar-refractivity contribution in [2.24, 2.45) is 0 Å². The second-order valence-electron chi connectivity index (χ2n) is 5.97. The molecule has 0 radical (unpaired) electrons. The lowest BCUT2D eigenvalue weighted by molar-refractivity contribution is -0.116. The van der Waals surface area contributed by atoms with E-state index in [1.807, 2.05) is 20.8 Å². The van der Waals surface area contributed by atoms with Gasteiger partial charge < -0.3 is 15.0 Å². The van der Waals surface area contributed by atoms with Crippen LogP contribution in [0.1, 0.15) is 34.3 Å². The molecule has 146 valence electrons. The second-order valence-corrected chi connectivity index (χ2v) is 7.58. The number of carbonyl (C=O) groups is 2. The molecular formula is C19H24ClN3O3S. The first-order valence-electron chi connectivity index (χ1n) is 8.77. The molecule has 0 saturated carbocycles. The highest BCUT2D eigenvalue weighted by Gasteiger charge is 2.21. The Morgan fingerprint density at radius 2 is 2.04 bits per heavy atom. The van der Waals surface area contributed by atoms with Crippen LogP contribution in [-0.4, -0.2) is 48.0 Å². The molecule has 0 unspecified atom stereocenters. The molecule has 0 saturated heterocycles.